The monoisotopic (exact) mass is 449 g/mol. The Kier molecular flexibility index (Phi) is 6.94. The third-order valence-corrected chi connectivity index (χ3v) is 6.06. The number of carbonyl (C=O) groups excluding carboxylic acids is 1. The molecule has 7 nitrogen and oxygen atoms in total. The van der Waals surface area contributed by atoms with Crippen LogP contribution < -0.4 is 10.6 Å². The zero-order chi connectivity index (χ0) is 22.5. The fraction of sp³-hybridized carbons (Fsp3) is 0.292. The molecule has 2 aromatic heterocycles. The summed E-state index contributed by atoms with van der Waals surface area (Å²) in [5, 5.41) is 7.04. The van der Waals surface area contributed by atoms with Crippen molar-refractivity contribution in [3.8, 4) is 11.3 Å². The van der Waals surface area contributed by atoms with Crippen molar-refractivity contribution in [3.05, 3.63) is 65.2 Å². The van der Waals surface area contributed by atoms with Crippen LogP contribution in [0.4, 0.5) is 16.6 Å². The molecule has 1 aliphatic heterocycles. The minimum atomic E-state index is -0.235. The minimum absolute atomic E-state index is 0.235. The number of rotatable bonds is 7. The van der Waals surface area contributed by atoms with Crippen LogP contribution in [-0.2, 0) is 16.1 Å². The number of carbonyl (C=O) groups is 1. The highest BCUT2D eigenvalue weighted by Gasteiger charge is 2.14. The minimum Gasteiger partial charge on any atom is -0.379 e. The lowest BCUT2D eigenvalue weighted by atomic mass is 10.0. The Hall–Kier alpha value is -3.07. The summed E-state index contributed by atoms with van der Waals surface area (Å²) in [7, 11) is 0. The van der Waals surface area contributed by atoms with Gasteiger partial charge in [0.25, 0.3) is 0 Å². The van der Waals surface area contributed by atoms with E-state index in [1.165, 1.54) is 6.08 Å². The number of benzene rings is 1. The summed E-state index contributed by atoms with van der Waals surface area (Å²) >= 11 is 1.59. The molecule has 8 heteroatoms. The summed E-state index contributed by atoms with van der Waals surface area (Å²) in [6, 6.07) is 10.1. The zero-order valence-electron chi connectivity index (χ0n) is 18.4. The third kappa shape index (κ3) is 5.59. The zero-order valence-corrected chi connectivity index (χ0v) is 19.2. The van der Waals surface area contributed by atoms with Gasteiger partial charge in [-0.25, -0.2) is 9.97 Å². The molecule has 1 fully saturated rings. The number of nitrogens with one attached hydrogen (secondary N) is 2. The molecular weight excluding hydrogens is 422 g/mol. The van der Waals surface area contributed by atoms with Crippen molar-refractivity contribution in [3.63, 3.8) is 0 Å². The maximum absolute atomic E-state index is 11.8. The second-order valence-corrected chi connectivity index (χ2v) is 8.99. The summed E-state index contributed by atoms with van der Waals surface area (Å²) in [6.45, 7) is 11.7. The lowest BCUT2D eigenvalue weighted by Gasteiger charge is -2.26. The molecule has 0 saturated carbocycles. The molecule has 0 aliphatic carbocycles. The fourth-order valence-electron chi connectivity index (χ4n) is 3.53. The number of hydrogen-bond acceptors (Lipinski definition) is 7. The second kappa shape index (κ2) is 10.0. The lowest BCUT2D eigenvalue weighted by Crippen LogP contribution is -2.35. The van der Waals surface area contributed by atoms with Crippen molar-refractivity contribution in [1.82, 2.24) is 14.9 Å². The molecule has 3 heterocycles. The highest BCUT2D eigenvalue weighted by atomic mass is 32.1. The predicted octanol–water partition coefficient (Wildman–Crippen LogP) is 4.52. The number of anilines is 3. The van der Waals surface area contributed by atoms with E-state index in [1.54, 1.807) is 11.3 Å². The van der Waals surface area contributed by atoms with Crippen molar-refractivity contribution in [2.24, 2.45) is 0 Å². The summed E-state index contributed by atoms with van der Waals surface area (Å²) in [6.07, 6.45) is 3.12. The van der Waals surface area contributed by atoms with E-state index in [4.69, 9.17) is 9.72 Å². The summed E-state index contributed by atoms with van der Waals surface area (Å²) in [5.41, 5.74) is 4.64. The molecule has 1 aliphatic rings. The van der Waals surface area contributed by atoms with E-state index in [-0.39, 0.29) is 5.91 Å². The summed E-state index contributed by atoms with van der Waals surface area (Å²) in [4.78, 5) is 24.6. The molecule has 0 bridgehead atoms. The number of amides is 1. The van der Waals surface area contributed by atoms with E-state index < -0.39 is 0 Å². The Morgan fingerprint density at radius 2 is 2.06 bits per heavy atom. The van der Waals surface area contributed by atoms with Crippen molar-refractivity contribution < 1.29 is 9.53 Å². The fourth-order valence-corrected chi connectivity index (χ4v) is 4.20. The number of nitrogens with zero attached hydrogens (tertiary/aromatic N) is 3. The van der Waals surface area contributed by atoms with E-state index in [9.17, 15) is 4.79 Å². The smallest absolute Gasteiger partial charge is 0.247 e. The van der Waals surface area contributed by atoms with Crippen molar-refractivity contribution in [2.75, 3.05) is 36.9 Å². The molecule has 0 spiro atoms. The van der Waals surface area contributed by atoms with Gasteiger partial charge in [0.05, 0.1) is 18.9 Å². The SMILES string of the molecule is C=CC(=O)Nc1cc(-c2cc(CN3CCOCC3)cc(Nc3ncc(C)s3)n2)ccc1C. The van der Waals surface area contributed by atoms with Crippen LogP contribution >= 0.6 is 11.3 Å². The molecular formula is C24H27N5O2S. The van der Waals surface area contributed by atoms with Crippen LogP contribution in [0, 0.1) is 13.8 Å². The van der Waals surface area contributed by atoms with Crippen LogP contribution in [0.1, 0.15) is 16.0 Å². The van der Waals surface area contributed by atoms with Gasteiger partial charge in [-0.1, -0.05) is 18.7 Å². The molecule has 3 aromatic rings. The van der Waals surface area contributed by atoms with E-state index in [2.05, 4.69) is 39.2 Å². The van der Waals surface area contributed by atoms with E-state index in [0.29, 0.717) is 0 Å². The van der Waals surface area contributed by atoms with Gasteiger partial charge in [-0.15, -0.1) is 11.3 Å². The first-order chi connectivity index (χ1) is 15.5. The molecule has 32 heavy (non-hydrogen) atoms. The van der Waals surface area contributed by atoms with Crippen LogP contribution in [0.5, 0.6) is 0 Å². The first-order valence-electron chi connectivity index (χ1n) is 10.5. The molecule has 0 atom stereocenters. The Morgan fingerprint density at radius 3 is 2.78 bits per heavy atom. The van der Waals surface area contributed by atoms with Gasteiger partial charge < -0.3 is 15.4 Å². The van der Waals surface area contributed by atoms with Crippen LogP contribution in [0.15, 0.2) is 49.2 Å². The van der Waals surface area contributed by atoms with Gasteiger partial charge in [0.2, 0.25) is 5.91 Å². The van der Waals surface area contributed by atoms with Crippen molar-refractivity contribution >= 4 is 33.9 Å². The van der Waals surface area contributed by atoms with Gasteiger partial charge >= 0.3 is 0 Å². The molecule has 4 rings (SSSR count). The highest BCUT2D eigenvalue weighted by molar-refractivity contribution is 7.15. The third-order valence-electron chi connectivity index (χ3n) is 5.23. The summed E-state index contributed by atoms with van der Waals surface area (Å²) < 4.78 is 5.49. The number of ether oxygens (including phenoxy) is 1. The topological polar surface area (TPSA) is 79.4 Å². The Labute approximate surface area is 192 Å². The standard InChI is InChI=1S/C24H27N5O2S/c1-4-23(30)27-20-13-19(6-5-16(20)2)21-11-18(15-29-7-9-31-10-8-29)12-22(26-21)28-24-25-14-17(3)32-24/h4-6,11-14H,1,7-10,15H2,2-3H3,(H,27,30)(H,25,26,28). The molecule has 166 valence electrons. The van der Waals surface area contributed by atoms with Crippen molar-refractivity contribution in [2.45, 2.75) is 20.4 Å². The normalized spacial score (nSPS) is 14.2. The van der Waals surface area contributed by atoms with E-state index >= 15 is 0 Å². The highest BCUT2D eigenvalue weighted by Crippen LogP contribution is 2.29. The van der Waals surface area contributed by atoms with Gasteiger partial charge in [-0.05, 0) is 49.2 Å². The van der Waals surface area contributed by atoms with E-state index in [0.717, 1.165) is 76.7 Å². The lowest BCUT2D eigenvalue weighted by molar-refractivity contribution is -0.111. The molecule has 1 aromatic carbocycles. The van der Waals surface area contributed by atoms with Crippen molar-refractivity contribution in [1.29, 1.82) is 0 Å². The Balaban J connectivity index is 1.68. The first kappa shape index (κ1) is 22.1. The van der Waals surface area contributed by atoms with Crippen LogP contribution in [-0.4, -0.2) is 47.1 Å². The number of hydrogen-bond donors (Lipinski definition) is 2. The van der Waals surface area contributed by atoms with Gasteiger partial charge in [0.15, 0.2) is 5.13 Å². The van der Waals surface area contributed by atoms with E-state index in [1.807, 2.05) is 38.2 Å². The summed E-state index contributed by atoms with van der Waals surface area (Å²) in [5.74, 6) is 0.512. The Bertz CT molecular complexity index is 1120. The largest absolute Gasteiger partial charge is 0.379 e. The average Bonchev–Trinajstić information content (AvgIpc) is 3.20. The molecule has 2 N–H and O–H groups in total. The van der Waals surface area contributed by atoms with Gasteiger partial charge in [-0.2, -0.15) is 0 Å². The number of morpholine rings is 1. The van der Waals surface area contributed by atoms with Crippen LogP contribution in [0.25, 0.3) is 11.3 Å². The van der Waals surface area contributed by atoms with Gasteiger partial charge in [-0.3, -0.25) is 9.69 Å². The molecule has 0 radical (unpaired) electrons. The quantitative estimate of drug-likeness (QED) is 0.516. The number of aryl methyl sites for hydroxylation is 2. The first-order valence-corrected chi connectivity index (χ1v) is 11.4. The van der Waals surface area contributed by atoms with Gasteiger partial charge in [0, 0.05) is 42.0 Å². The van der Waals surface area contributed by atoms with Gasteiger partial charge in [0.1, 0.15) is 5.82 Å². The number of pyridine rings is 1. The predicted molar refractivity (Wildman–Crippen MR) is 129 cm³/mol. The molecule has 1 amide bonds. The number of thiazole rings is 1. The molecule has 0 unspecified atom stereocenters. The maximum Gasteiger partial charge on any atom is 0.247 e. The van der Waals surface area contributed by atoms with Crippen LogP contribution in [0.2, 0.25) is 0 Å². The maximum atomic E-state index is 11.8. The molecule has 1 saturated heterocycles. The number of aromatic nitrogens is 2. The van der Waals surface area contributed by atoms with Crippen LogP contribution in [0.3, 0.4) is 0 Å². The average molecular weight is 450 g/mol. The second-order valence-electron chi connectivity index (χ2n) is 7.76. The Morgan fingerprint density at radius 1 is 1.25 bits per heavy atom.